The number of carbonyl (C=O) groups is 3. The first kappa shape index (κ1) is 21.9. The first-order chi connectivity index (χ1) is 14.0. The lowest BCUT2D eigenvalue weighted by molar-refractivity contribution is -0.146. The van der Waals surface area contributed by atoms with Crippen molar-refractivity contribution in [1.82, 2.24) is 4.90 Å². The largest absolute Gasteiger partial charge is 0.496 e. The standard InChI is InChI=1S/C22H26N2O5/c1-4-24(5-2)22(27)16-10-12-18(13-11-16)23-20(25)15-29-21(26)14-17-8-6-7-9-19(17)28-3/h6-13H,4-5,14-15H2,1-3H3,(H,23,25). The van der Waals surface area contributed by atoms with Crippen molar-refractivity contribution in [3.8, 4) is 5.75 Å². The molecule has 2 aromatic rings. The molecule has 0 heterocycles. The van der Waals surface area contributed by atoms with Gasteiger partial charge in [-0.3, -0.25) is 14.4 Å². The zero-order valence-corrected chi connectivity index (χ0v) is 16.9. The Morgan fingerprint density at radius 3 is 2.24 bits per heavy atom. The number of esters is 1. The molecule has 0 unspecified atom stereocenters. The number of methoxy groups -OCH3 is 1. The van der Waals surface area contributed by atoms with Crippen molar-refractivity contribution in [2.24, 2.45) is 0 Å². The SMILES string of the molecule is CCN(CC)C(=O)c1ccc(NC(=O)COC(=O)Cc2ccccc2OC)cc1. The van der Waals surface area contributed by atoms with Crippen LogP contribution >= 0.6 is 0 Å². The molecule has 2 amide bonds. The van der Waals surface area contributed by atoms with Gasteiger partial charge in [-0.2, -0.15) is 0 Å². The average molecular weight is 398 g/mol. The van der Waals surface area contributed by atoms with Crippen LogP contribution in [0.1, 0.15) is 29.8 Å². The molecule has 2 aromatic carbocycles. The predicted molar refractivity (Wildman–Crippen MR) is 110 cm³/mol. The molecule has 0 aliphatic heterocycles. The first-order valence-electron chi connectivity index (χ1n) is 9.45. The van der Waals surface area contributed by atoms with Crippen LogP contribution in [0.3, 0.4) is 0 Å². The molecule has 7 nitrogen and oxygen atoms in total. The van der Waals surface area contributed by atoms with Gasteiger partial charge in [-0.15, -0.1) is 0 Å². The van der Waals surface area contributed by atoms with Gasteiger partial charge in [0.05, 0.1) is 13.5 Å². The van der Waals surface area contributed by atoms with Crippen LogP contribution in [0.2, 0.25) is 0 Å². The van der Waals surface area contributed by atoms with Crippen LogP contribution in [-0.2, 0) is 20.7 Å². The highest BCUT2D eigenvalue weighted by atomic mass is 16.5. The molecule has 1 N–H and O–H groups in total. The molecule has 0 aliphatic carbocycles. The third kappa shape index (κ3) is 6.34. The summed E-state index contributed by atoms with van der Waals surface area (Å²) in [6, 6.07) is 13.7. The molecule has 0 spiro atoms. The molecule has 2 rings (SSSR count). The van der Waals surface area contributed by atoms with Crippen LogP contribution in [-0.4, -0.2) is 49.5 Å². The van der Waals surface area contributed by atoms with Crippen molar-refractivity contribution in [1.29, 1.82) is 0 Å². The fourth-order valence-electron chi connectivity index (χ4n) is 2.79. The van der Waals surface area contributed by atoms with Gasteiger partial charge in [0.25, 0.3) is 11.8 Å². The average Bonchev–Trinajstić information content (AvgIpc) is 2.74. The number of hydrogen-bond acceptors (Lipinski definition) is 5. The van der Waals surface area contributed by atoms with Crippen molar-refractivity contribution in [3.05, 3.63) is 59.7 Å². The number of para-hydroxylation sites is 1. The van der Waals surface area contributed by atoms with E-state index < -0.39 is 18.5 Å². The molecule has 0 saturated carbocycles. The highest BCUT2D eigenvalue weighted by molar-refractivity contribution is 5.96. The molecule has 7 heteroatoms. The Kier molecular flexibility index (Phi) is 8.21. The lowest BCUT2D eigenvalue weighted by Crippen LogP contribution is -2.30. The molecule has 0 bridgehead atoms. The number of ether oxygens (including phenoxy) is 2. The summed E-state index contributed by atoms with van der Waals surface area (Å²) in [6.07, 6.45) is 0.0134. The third-order valence-corrected chi connectivity index (χ3v) is 4.36. The smallest absolute Gasteiger partial charge is 0.310 e. The van der Waals surface area contributed by atoms with E-state index in [0.717, 1.165) is 0 Å². The summed E-state index contributed by atoms with van der Waals surface area (Å²) in [7, 11) is 1.53. The lowest BCUT2D eigenvalue weighted by atomic mass is 10.1. The highest BCUT2D eigenvalue weighted by Crippen LogP contribution is 2.18. The summed E-state index contributed by atoms with van der Waals surface area (Å²) in [5, 5.41) is 2.64. The molecular weight excluding hydrogens is 372 g/mol. The maximum Gasteiger partial charge on any atom is 0.310 e. The van der Waals surface area contributed by atoms with Crippen molar-refractivity contribution in [3.63, 3.8) is 0 Å². The van der Waals surface area contributed by atoms with Gasteiger partial charge in [-0.05, 0) is 44.2 Å². The Hall–Kier alpha value is -3.35. The van der Waals surface area contributed by atoms with Crippen LogP contribution in [0.15, 0.2) is 48.5 Å². The summed E-state index contributed by atoms with van der Waals surface area (Å²) in [5.74, 6) is -0.447. The Morgan fingerprint density at radius 1 is 0.966 bits per heavy atom. The molecular formula is C22H26N2O5. The van der Waals surface area contributed by atoms with E-state index in [9.17, 15) is 14.4 Å². The normalized spacial score (nSPS) is 10.2. The minimum atomic E-state index is -0.523. The minimum Gasteiger partial charge on any atom is -0.496 e. The molecule has 29 heavy (non-hydrogen) atoms. The van der Waals surface area contributed by atoms with E-state index in [1.54, 1.807) is 47.4 Å². The zero-order chi connectivity index (χ0) is 21.2. The quantitative estimate of drug-likeness (QED) is 0.657. The van der Waals surface area contributed by atoms with E-state index in [-0.39, 0.29) is 12.3 Å². The van der Waals surface area contributed by atoms with E-state index in [0.29, 0.717) is 35.7 Å². The zero-order valence-electron chi connectivity index (χ0n) is 16.9. The maximum atomic E-state index is 12.3. The van der Waals surface area contributed by atoms with Gasteiger partial charge in [0.1, 0.15) is 5.75 Å². The molecule has 0 aromatic heterocycles. The summed E-state index contributed by atoms with van der Waals surface area (Å²) < 4.78 is 10.2. The number of anilines is 1. The number of nitrogens with one attached hydrogen (secondary N) is 1. The van der Waals surface area contributed by atoms with Crippen LogP contribution in [0, 0.1) is 0 Å². The van der Waals surface area contributed by atoms with Crippen molar-refractivity contribution in [2.45, 2.75) is 20.3 Å². The van der Waals surface area contributed by atoms with Gasteiger partial charge < -0.3 is 19.7 Å². The third-order valence-electron chi connectivity index (χ3n) is 4.36. The van der Waals surface area contributed by atoms with E-state index >= 15 is 0 Å². The second-order valence-electron chi connectivity index (χ2n) is 6.25. The van der Waals surface area contributed by atoms with E-state index in [4.69, 9.17) is 9.47 Å². The van der Waals surface area contributed by atoms with E-state index in [2.05, 4.69) is 5.32 Å². The Morgan fingerprint density at radius 2 is 1.62 bits per heavy atom. The second-order valence-corrected chi connectivity index (χ2v) is 6.25. The maximum absolute atomic E-state index is 12.3. The predicted octanol–water partition coefficient (Wildman–Crippen LogP) is 2.90. The molecule has 0 atom stereocenters. The van der Waals surface area contributed by atoms with Crippen LogP contribution < -0.4 is 10.1 Å². The monoisotopic (exact) mass is 398 g/mol. The van der Waals surface area contributed by atoms with Crippen molar-refractivity contribution < 1.29 is 23.9 Å². The van der Waals surface area contributed by atoms with E-state index in [1.165, 1.54) is 7.11 Å². The Bertz CT molecular complexity index is 845. The molecule has 0 fully saturated rings. The number of amides is 2. The number of carbonyl (C=O) groups excluding carboxylic acids is 3. The van der Waals surface area contributed by atoms with Gasteiger partial charge in [0.15, 0.2) is 6.61 Å². The molecule has 0 saturated heterocycles. The van der Waals surface area contributed by atoms with E-state index in [1.807, 2.05) is 19.9 Å². The minimum absolute atomic E-state index is 0.0134. The number of hydrogen-bond donors (Lipinski definition) is 1. The fraction of sp³-hybridized carbons (Fsp3) is 0.318. The Labute approximate surface area is 170 Å². The summed E-state index contributed by atoms with van der Waals surface area (Å²) in [4.78, 5) is 38.0. The van der Waals surface area contributed by atoms with Gasteiger partial charge in [-0.1, -0.05) is 18.2 Å². The van der Waals surface area contributed by atoms with Gasteiger partial charge in [0.2, 0.25) is 0 Å². The fourth-order valence-corrected chi connectivity index (χ4v) is 2.79. The van der Waals surface area contributed by atoms with Crippen molar-refractivity contribution >= 4 is 23.5 Å². The topological polar surface area (TPSA) is 84.9 Å². The van der Waals surface area contributed by atoms with Crippen LogP contribution in [0.4, 0.5) is 5.69 Å². The second kappa shape index (κ2) is 10.8. The highest BCUT2D eigenvalue weighted by Gasteiger charge is 2.14. The Balaban J connectivity index is 1.84. The molecule has 154 valence electrons. The summed E-state index contributed by atoms with van der Waals surface area (Å²) in [5.41, 5.74) is 1.76. The van der Waals surface area contributed by atoms with Gasteiger partial charge in [-0.25, -0.2) is 0 Å². The first-order valence-corrected chi connectivity index (χ1v) is 9.45. The van der Waals surface area contributed by atoms with Crippen LogP contribution in [0.25, 0.3) is 0 Å². The van der Waals surface area contributed by atoms with Crippen molar-refractivity contribution in [2.75, 3.05) is 32.1 Å². The molecule has 0 radical (unpaired) electrons. The number of benzene rings is 2. The lowest BCUT2D eigenvalue weighted by Gasteiger charge is -2.18. The van der Waals surface area contributed by atoms with Crippen LogP contribution in [0.5, 0.6) is 5.75 Å². The number of nitrogens with zero attached hydrogens (tertiary/aromatic N) is 1. The van der Waals surface area contributed by atoms with Gasteiger partial charge >= 0.3 is 5.97 Å². The summed E-state index contributed by atoms with van der Waals surface area (Å²) in [6.45, 7) is 4.71. The van der Waals surface area contributed by atoms with Gasteiger partial charge in [0, 0.05) is 29.9 Å². The number of rotatable bonds is 9. The summed E-state index contributed by atoms with van der Waals surface area (Å²) >= 11 is 0. The molecule has 0 aliphatic rings.